The minimum absolute atomic E-state index is 0.259. The molecule has 0 unspecified atom stereocenters. The summed E-state index contributed by atoms with van der Waals surface area (Å²) in [6.45, 7) is 0.796. The van der Waals surface area contributed by atoms with Crippen molar-refractivity contribution in [3.8, 4) is 0 Å². The first-order valence-electron chi connectivity index (χ1n) is 9.42. The highest BCUT2D eigenvalue weighted by molar-refractivity contribution is 7.11. The molecule has 5 nitrogen and oxygen atoms in total. The third-order valence-corrected chi connectivity index (χ3v) is 5.91. The summed E-state index contributed by atoms with van der Waals surface area (Å²) in [5, 5.41) is 10.8. The molecule has 1 aliphatic heterocycles. The first-order valence-corrected chi connectivity index (χ1v) is 10.3. The zero-order chi connectivity index (χ0) is 21.1. The number of amides is 2. The van der Waals surface area contributed by atoms with Gasteiger partial charge in [-0.1, -0.05) is 30.3 Å². The molecular weight excluding hydrogens is 403 g/mol. The van der Waals surface area contributed by atoms with E-state index in [1.807, 2.05) is 23.6 Å². The van der Waals surface area contributed by atoms with Crippen LogP contribution in [0.4, 0.5) is 4.39 Å². The number of fused-ring (bicyclic) bond motifs is 1. The normalized spacial score (nSPS) is 13.7. The van der Waals surface area contributed by atoms with Crippen LogP contribution in [0.2, 0.25) is 0 Å². The van der Waals surface area contributed by atoms with Gasteiger partial charge in [0.2, 0.25) is 0 Å². The Bertz CT molecular complexity index is 1130. The molecule has 1 aromatic heterocycles. The van der Waals surface area contributed by atoms with E-state index in [0.29, 0.717) is 30.6 Å². The van der Waals surface area contributed by atoms with Crippen molar-refractivity contribution in [2.75, 3.05) is 6.54 Å². The van der Waals surface area contributed by atoms with E-state index in [1.165, 1.54) is 17.4 Å². The molecule has 7 heteroatoms. The number of benzene rings is 2. The van der Waals surface area contributed by atoms with Gasteiger partial charge in [0, 0.05) is 29.1 Å². The van der Waals surface area contributed by atoms with E-state index in [2.05, 4.69) is 0 Å². The SMILES string of the molecule is O=C(NO)c1ccc2c(c1)CN(C(=O)C(=Cc1cccs1)c1ccccc1F)CC2. The van der Waals surface area contributed by atoms with E-state index in [0.717, 1.165) is 16.0 Å². The van der Waals surface area contributed by atoms with Crippen molar-refractivity contribution >= 4 is 34.8 Å². The molecule has 152 valence electrons. The van der Waals surface area contributed by atoms with Gasteiger partial charge in [0.1, 0.15) is 5.82 Å². The van der Waals surface area contributed by atoms with Crippen molar-refractivity contribution in [2.45, 2.75) is 13.0 Å². The molecule has 2 amide bonds. The standard InChI is InChI=1S/C23H19FN2O3S/c24-21-6-2-1-5-19(21)20(13-18-4-3-11-30-18)23(28)26-10-9-15-7-8-16(22(27)25-29)12-17(15)14-26/h1-8,11-13,29H,9-10,14H2,(H,25,27). The van der Waals surface area contributed by atoms with Crippen molar-refractivity contribution < 1.29 is 19.2 Å². The molecule has 1 aliphatic rings. The van der Waals surface area contributed by atoms with Crippen molar-refractivity contribution in [2.24, 2.45) is 0 Å². The quantitative estimate of drug-likeness (QED) is 0.377. The van der Waals surface area contributed by atoms with Gasteiger partial charge in [0.15, 0.2) is 0 Å². The molecule has 0 bridgehead atoms. The zero-order valence-electron chi connectivity index (χ0n) is 16.0. The van der Waals surface area contributed by atoms with E-state index < -0.39 is 11.7 Å². The van der Waals surface area contributed by atoms with Gasteiger partial charge in [-0.3, -0.25) is 14.8 Å². The van der Waals surface area contributed by atoms with Crippen LogP contribution < -0.4 is 5.48 Å². The maximum Gasteiger partial charge on any atom is 0.274 e. The number of halogens is 1. The zero-order valence-corrected chi connectivity index (χ0v) is 16.8. The van der Waals surface area contributed by atoms with Crippen LogP contribution in [-0.2, 0) is 17.8 Å². The number of hydrogen-bond acceptors (Lipinski definition) is 4. The van der Waals surface area contributed by atoms with Crippen molar-refractivity contribution in [3.63, 3.8) is 0 Å². The first-order chi connectivity index (χ1) is 14.6. The van der Waals surface area contributed by atoms with Gasteiger partial charge in [-0.2, -0.15) is 0 Å². The number of rotatable bonds is 4. The molecule has 2 aromatic carbocycles. The number of carbonyl (C=O) groups is 2. The van der Waals surface area contributed by atoms with Crippen LogP contribution in [0.3, 0.4) is 0 Å². The van der Waals surface area contributed by atoms with E-state index in [-0.39, 0.29) is 11.5 Å². The van der Waals surface area contributed by atoms with Crippen LogP contribution in [0, 0.1) is 5.82 Å². The molecule has 3 aromatic rings. The Morgan fingerprint density at radius 3 is 2.67 bits per heavy atom. The van der Waals surface area contributed by atoms with Gasteiger partial charge < -0.3 is 4.90 Å². The van der Waals surface area contributed by atoms with E-state index in [9.17, 15) is 14.0 Å². The summed E-state index contributed by atoms with van der Waals surface area (Å²) in [6.07, 6.45) is 2.35. The van der Waals surface area contributed by atoms with Crippen LogP contribution in [0.25, 0.3) is 11.6 Å². The summed E-state index contributed by atoms with van der Waals surface area (Å²) >= 11 is 1.47. The largest absolute Gasteiger partial charge is 0.334 e. The van der Waals surface area contributed by atoms with E-state index in [1.54, 1.807) is 46.8 Å². The van der Waals surface area contributed by atoms with Crippen LogP contribution in [0.1, 0.15) is 31.9 Å². The summed E-state index contributed by atoms with van der Waals surface area (Å²) < 4.78 is 14.5. The fourth-order valence-corrected chi connectivity index (χ4v) is 4.21. The van der Waals surface area contributed by atoms with Gasteiger partial charge in [0.05, 0.1) is 5.57 Å². The summed E-state index contributed by atoms with van der Waals surface area (Å²) in [5.74, 6) is -1.32. The fourth-order valence-electron chi connectivity index (χ4n) is 3.56. The highest BCUT2D eigenvalue weighted by atomic mass is 32.1. The maximum atomic E-state index is 14.5. The van der Waals surface area contributed by atoms with Gasteiger partial charge in [-0.05, 0) is 53.3 Å². The Hall–Kier alpha value is -3.29. The first kappa shape index (κ1) is 20.0. The number of thiophene rings is 1. The lowest BCUT2D eigenvalue weighted by atomic mass is 9.95. The number of hydroxylamine groups is 1. The number of hydrogen-bond donors (Lipinski definition) is 2. The van der Waals surface area contributed by atoms with Crippen LogP contribution >= 0.6 is 11.3 Å². The number of carbonyl (C=O) groups excluding carboxylic acids is 2. The molecule has 2 N–H and O–H groups in total. The monoisotopic (exact) mass is 422 g/mol. The molecule has 0 spiro atoms. The average Bonchev–Trinajstić information content (AvgIpc) is 3.29. The molecule has 0 saturated heterocycles. The van der Waals surface area contributed by atoms with E-state index >= 15 is 0 Å². The van der Waals surface area contributed by atoms with E-state index in [4.69, 9.17) is 5.21 Å². The Balaban J connectivity index is 1.68. The molecule has 0 saturated carbocycles. The highest BCUT2D eigenvalue weighted by Gasteiger charge is 2.26. The topological polar surface area (TPSA) is 69.6 Å². The fraction of sp³-hybridized carbons (Fsp3) is 0.130. The minimum Gasteiger partial charge on any atom is -0.334 e. The Morgan fingerprint density at radius 1 is 1.10 bits per heavy atom. The van der Waals surface area contributed by atoms with Gasteiger partial charge in [-0.15, -0.1) is 11.3 Å². The van der Waals surface area contributed by atoms with Crippen LogP contribution in [-0.4, -0.2) is 28.5 Å². The molecule has 2 heterocycles. The molecule has 0 atom stereocenters. The Kier molecular flexibility index (Phi) is 5.74. The Labute approximate surface area is 177 Å². The Morgan fingerprint density at radius 2 is 1.93 bits per heavy atom. The van der Waals surface area contributed by atoms with Crippen molar-refractivity contribution in [1.82, 2.24) is 10.4 Å². The second kappa shape index (κ2) is 8.61. The second-order valence-electron chi connectivity index (χ2n) is 6.95. The number of nitrogens with zero attached hydrogens (tertiary/aromatic N) is 1. The molecule has 30 heavy (non-hydrogen) atoms. The molecule has 4 rings (SSSR count). The summed E-state index contributed by atoms with van der Waals surface area (Å²) in [4.78, 5) is 27.7. The maximum absolute atomic E-state index is 14.5. The minimum atomic E-state index is -0.606. The van der Waals surface area contributed by atoms with Crippen molar-refractivity contribution in [1.29, 1.82) is 0 Å². The predicted molar refractivity (Wildman–Crippen MR) is 113 cm³/mol. The summed E-state index contributed by atoms with van der Waals surface area (Å²) in [7, 11) is 0. The van der Waals surface area contributed by atoms with Gasteiger partial charge in [-0.25, -0.2) is 9.87 Å². The third-order valence-electron chi connectivity index (χ3n) is 5.09. The summed E-state index contributed by atoms with van der Waals surface area (Å²) in [6, 6.07) is 15.2. The lowest BCUT2D eigenvalue weighted by molar-refractivity contribution is -0.125. The molecule has 0 fully saturated rings. The van der Waals surface area contributed by atoms with Crippen LogP contribution in [0.5, 0.6) is 0 Å². The predicted octanol–water partition coefficient (Wildman–Crippen LogP) is 4.13. The molecule has 0 aliphatic carbocycles. The van der Waals surface area contributed by atoms with Gasteiger partial charge in [0.25, 0.3) is 11.8 Å². The third kappa shape index (κ3) is 4.03. The molecule has 0 radical (unpaired) electrons. The van der Waals surface area contributed by atoms with Crippen LogP contribution in [0.15, 0.2) is 60.0 Å². The lowest BCUT2D eigenvalue weighted by Gasteiger charge is -2.30. The average molecular weight is 422 g/mol. The smallest absolute Gasteiger partial charge is 0.274 e. The van der Waals surface area contributed by atoms with Gasteiger partial charge >= 0.3 is 0 Å². The number of nitrogens with one attached hydrogen (secondary N) is 1. The highest BCUT2D eigenvalue weighted by Crippen LogP contribution is 2.28. The van der Waals surface area contributed by atoms with Crippen molar-refractivity contribution in [3.05, 3.63) is 92.9 Å². The molecular formula is C23H19FN2O3S. The second-order valence-corrected chi connectivity index (χ2v) is 7.93. The summed E-state index contributed by atoms with van der Waals surface area (Å²) in [5.41, 5.74) is 4.37. The lowest BCUT2D eigenvalue weighted by Crippen LogP contribution is -2.36.